The summed E-state index contributed by atoms with van der Waals surface area (Å²) in [6.07, 6.45) is 5.35. The van der Waals surface area contributed by atoms with Gasteiger partial charge in [0.2, 0.25) is 5.91 Å². The van der Waals surface area contributed by atoms with Crippen molar-refractivity contribution in [2.24, 2.45) is 5.92 Å². The lowest BCUT2D eigenvalue weighted by atomic mass is 9.74. The zero-order valence-corrected chi connectivity index (χ0v) is 16.9. The predicted octanol–water partition coefficient (Wildman–Crippen LogP) is 2.81. The third-order valence-electron chi connectivity index (χ3n) is 6.68. The summed E-state index contributed by atoms with van der Waals surface area (Å²) in [6.45, 7) is 4.05. The summed E-state index contributed by atoms with van der Waals surface area (Å²) in [5.41, 5.74) is 0.840. The predicted molar refractivity (Wildman–Crippen MR) is 105 cm³/mol. The third kappa shape index (κ3) is 3.39. The van der Waals surface area contributed by atoms with E-state index in [1.807, 2.05) is 24.1 Å². The molecule has 1 amide bonds. The van der Waals surface area contributed by atoms with Crippen molar-refractivity contribution >= 4 is 11.9 Å². The Labute approximate surface area is 166 Å². The van der Waals surface area contributed by atoms with Crippen molar-refractivity contribution in [2.75, 3.05) is 40.3 Å². The van der Waals surface area contributed by atoms with Gasteiger partial charge in [-0.2, -0.15) is 0 Å². The van der Waals surface area contributed by atoms with Crippen LogP contribution in [0.1, 0.15) is 54.4 Å². The molecule has 2 aliphatic heterocycles. The molecule has 0 aromatic heterocycles. The van der Waals surface area contributed by atoms with Crippen LogP contribution in [-0.2, 0) is 15.1 Å². The SMILES string of the molecule is COc1cccc2c1[C@]1(CC[C@@H](C(=O)N(C)CCN3CCCC3)CC1)OC2=O. The highest BCUT2D eigenvalue weighted by molar-refractivity contribution is 5.96. The van der Waals surface area contributed by atoms with Crippen molar-refractivity contribution in [3.05, 3.63) is 29.3 Å². The number of amides is 1. The Morgan fingerprint density at radius 1 is 1.29 bits per heavy atom. The minimum Gasteiger partial charge on any atom is -0.496 e. The van der Waals surface area contributed by atoms with Gasteiger partial charge in [-0.25, -0.2) is 4.79 Å². The second-order valence-electron chi connectivity index (χ2n) is 8.35. The van der Waals surface area contributed by atoms with Crippen molar-refractivity contribution in [2.45, 2.75) is 44.1 Å². The number of fused-ring (bicyclic) bond motifs is 2. The van der Waals surface area contributed by atoms with E-state index in [1.54, 1.807) is 13.2 Å². The number of nitrogens with zero attached hydrogens (tertiary/aromatic N) is 2. The molecule has 0 bridgehead atoms. The first-order chi connectivity index (χ1) is 13.5. The van der Waals surface area contributed by atoms with Crippen LogP contribution in [0, 0.1) is 5.92 Å². The number of hydrogen-bond acceptors (Lipinski definition) is 5. The van der Waals surface area contributed by atoms with E-state index >= 15 is 0 Å². The maximum Gasteiger partial charge on any atom is 0.339 e. The van der Waals surface area contributed by atoms with Crippen molar-refractivity contribution in [1.82, 2.24) is 9.80 Å². The maximum atomic E-state index is 12.9. The van der Waals surface area contributed by atoms with Crippen LogP contribution in [0.2, 0.25) is 0 Å². The normalized spacial score (nSPS) is 26.9. The summed E-state index contributed by atoms with van der Waals surface area (Å²) in [5.74, 6) is 0.655. The molecule has 0 atom stereocenters. The van der Waals surface area contributed by atoms with Gasteiger partial charge in [0.05, 0.1) is 18.2 Å². The van der Waals surface area contributed by atoms with Crippen molar-refractivity contribution < 1.29 is 19.1 Å². The molecule has 1 aliphatic carbocycles. The zero-order chi connectivity index (χ0) is 19.7. The van der Waals surface area contributed by atoms with Crippen LogP contribution in [0.4, 0.5) is 0 Å². The van der Waals surface area contributed by atoms with Crippen molar-refractivity contribution in [3.8, 4) is 5.75 Å². The molecule has 1 spiro atoms. The number of methoxy groups -OCH3 is 1. The Kier molecular flexibility index (Phi) is 5.32. The molecule has 0 radical (unpaired) electrons. The van der Waals surface area contributed by atoms with E-state index in [2.05, 4.69) is 4.90 Å². The van der Waals surface area contributed by atoms with Gasteiger partial charge < -0.3 is 19.3 Å². The lowest BCUT2D eigenvalue weighted by Gasteiger charge is -2.37. The molecule has 1 saturated heterocycles. The van der Waals surface area contributed by atoms with Gasteiger partial charge in [0.1, 0.15) is 11.4 Å². The fourth-order valence-corrected chi connectivity index (χ4v) is 5.03. The number of benzene rings is 1. The lowest BCUT2D eigenvalue weighted by molar-refractivity contribution is -0.137. The molecule has 0 unspecified atom stereocenters. The number of ether oxygens (including phenoxy) is 2. The van der Waals surface area contributed by atoms with Crippen LogP contribution in [0.3, 0.4) is 0 Å². The molecule has 1 aromatic carbocycles. The van der Waals surface area contributed by atoms with Gasteiger partial charge in [-0.15, -0.1) is 0 Å². The highest BCUT2D eigenvalue weighted by Gasteiger charge is 2.50. The first kappa shape index (κ1) is 19.2. The number of carbonyl (C=O) groups is 2. The average molecular weight is 386 g/mol. The van der Waals surface area contributed by atoms with Crippen molar-refractivity contribution in [3.63, 3.8) is 0 Å². The monoisotopic (exact) mass is 386 g/mol. The van der Waals surface area contributed by atoms with E-state index in [0.717, 1.165) is 44.6 Å². The number of rotatable bonds is 5. The first-order valence-electron chi connectivity index (χ1n) is 10.4. The van der Waals surface area contributed by atoms with Gasteiger partial charge >= 0.3 is 5.97 Å². The van der Waals surface area contributed by atoms with Crippen LogP contribution < -0.4 is 4.74 Å². The maximum absolute atomic E-state index is 12.9. The highest BCUT2D eigenvalue weighted by atomic mass is 16.6. The number of likely N-dealkylation sites (N-methyl/N-ethyl adjacent to an activating group) is 1. The second-order valence-corrected chi connectivity index (χ2v) is 8.35. The summed E-state index contributed by atoms with van der Waals surface area (Å²) in [4.78, 5) is 29.6. The molecule has 28 heavy (non-hydrogen) atoms. The highest BCUT2D eigenvalue weighted by Crippen LogP contribution is 2.51. The minimum absolute atomic E-state index is 0.00617. The molecular formula is C22H30N2O4. The van der Waals surface area contributed by atoms with Gasteiger partial charge in [0.15, 0.2) is 0 Å². The molecule has 152 valence electrons. The topological polar surface area (TPSA) is 59.1 Å². The molecule has 2 fully saturated rings. The Bertz CT molecular complexity index is 749. The molecule has 3 aliphatic rings. The quantitative estimate of drug-likeness (QED) is 0.729. The molecule has 6 heteroatoms. The minimum atomic E-state index is -0.635. The fraction of sp³-hybridized carbons (Fsp3) is 0.636. The van der Waals surface area contributed by atoms with E-state index in [1.165, 1.54) is 12.8 Å². The van der Waals surface area contributed by atoms with Gasteiger partial charge in [-0.05, 0) is 63.7 Å². The standard InChI is InChI=1S/C22H30N2O4/c1-23(14-15-24-12-3-4-13-24)20(25)16-8-10-22(11-9-16)19-17(21(26)28-22)6-5-7-18(19)27-2/h5-7,16H,3-4,8-15H2,1-2H3/t16-,22-. The fourth-order valence-electron chi connectivity index (χ4n) is 5.03. The van der Waals surface area contributed by atoms with E-state index in [4.69, 9.17) is 9.47 Å². The molecule has 4 rings (SSSR count). The zero-order valence-electron chi connectivity index (χ0n) is 16.9. The van der Waals surface area contributed by atoms with Crippen LogP contribution in [-0.4, -0.2) is 62.0 Å². The lowest BCUT2D eigenvalue weighted by Crippen LogP contribution is -2.41. The summed E-state index contributed by atoms with van der Waals surface area (Å²) in [7, 11) is 3.54. The number of likely N-dealkylation sites (tertiary alicyclic amines) is 1. The van der Waals surface area contributed by atoms with E-state index < -0.39 is 5.60 Å². The smallest absolute Gasteiger partial charge is 0.339 e. The number of hydrogen-bond donors (Lipinski definition) is 0. The van der Waals surface area contributed by atoms with Gasteiger partial charge in [-0.1, -0.05) is 6.07 Å². The summed E-state index contributed by atoms with van der Waals surface area (Å²) >= 11 is 0. The summed E-state index contributed by atoms with van der Waals surface area (Å²) in [5, 5.41) is 0. The van der Waals surface area contributed by atoms with Gasteiger partial charge in [-0.3, -0.25) is 4.79 Å². The van der Waals surface area contributed by atoms with E-state index in [0.29, 0.717) is 24.2 Å². The van der Waals surface area contributed by atoms with Gasteiger partial charge in [0, 0.05) is 26.1 Å². The summed E-state index contributed by atoms with van der Waals surface area (Å²) < 4.78 is 11.4. The Morgan fingerprint density at radius 2 is 2.00 bits per heavy atom. The largest absolute Gasteiger partial charge is 0.496 e. The van der Waals surface area contributed by atoms with Crippen molar-refractivity contribution in [1.29, 1.82) is 0 Å². The van der Waals surface area contributed by atoms with Crippen LogP contribution >= 0.6 is 0 Å². The summed E-state index contributed by atoms with van der Waals surface area (Å²) in [6, 6.07) is 5.51. The number of carbonyl (C=O) groups excluding carboxylic acids is 2. The number of esters is 1. The molecule has 6 nitrogen and oxygen atoms in total. The second kappa shape index (κ2) is 7.74. The van der Waals surface area contributed by atoms with Crippen LogP contribution in [0.15, 0.2) is 18.2 Å². The van der Waals surface area contributed by atoms with E-state index in [9.17, 15) is 9.59 Å². The Balaban J connectivity index is 1.40. The first-order valence-corrected chi connectivity index (χ1v) is 10.4. The Hall–Kier alpha value is -2.08. The van der Waals surface area contributed by atoms with Crippen LogP contribution in [0.25, 0.3) is 0 Å². The van der Waals surface area contributed by atoms with E-state index in [-0.39, 0.29) is 17.8 Å². The molecule has 2 heterocycles. The Morgan fingerprint density at radius 3 is 2.68 bits per heavy atom. The van der Waals surface area contributed by atoms with Gasteiger partial charge in [0.25, 0.3) is 0 Å². The average Bonchev–Trinajstić information content (AvgIpc) is 3.33. The molecule has 1 aromatic rings. The van der Waals surface area contributed by atoms with Crippen LogP contribution in [0.5, 0.6) is 5.75 Å². The molecule has 1 saturated carbocycles. The molecular weight excluding hydrogens is 356 g/mol. The third-order valence-corrected chi connectivity index (χ3v) is 6.68. The molecule has 0 N–H and O–H groups in total.